The minimum Gasteiger partial charge on any atom is -0.337 e. The monoisotopic (exact) mass is 204 g/mol. The molecule has 2 rings (SSSR count). The van der Waals surface area contributed by atoms with Crippen molar-refractivity contribution in [2.45, 2.75) is 19.5 Å². The number of carbonyl (C=O) groups excluding carboxylic acids is 1. The van der Waals surface area contributed by atoms with Crippen LogP contribution in [0.25, 0.3) is 0 Å². The summed E-state index contributed by atoms with van der Waals surface area (Å²) >= 11 is 0. The van der Waals surface area contributed by atoms with Gasteiger partial charge in [-0.05, 0) is 5.56 Å². The molecule has 0 spiro atoms. The van der Waals surface area contributed by atoms with Gasteiger partial charge in [0.2, 0.25) is 5.91 Å². The molecule has 3 heteroatoms. The van der Waals surface area contributed by atoms with Crippen LogP contribution in [-0.2, 0) is 11.3 Å². The molecule has 80 valence electrons. The molecule has 0 bridgehead atoms. The molecule has 1 saturated heterocycles. The lowest BCUT2D eigenvalue weighted by atomic mass is 10.1. The van der Waals surface area contributed by atoms with Gasteiger partial charge in [0.15, 0.2) is 0 Å². The molecule has 0 radical (unpaired) electrons. The van der Waals surface area contributed by atoms with Crippen molar-refractivity contribution in [2.75, 3.05) is 6.54 Å². The van der Waals surface area contributed by atoms with Crippen molar-refractivity contribution in [2.24, 2.45) is 11.7 Å². The van der Waals surface area contributed by atoms with Crippen molar-refractivity contribution in [3.05, 3.63) is 35.9 Å². The molecule has 1 aromatic carbocycles. The SMILES string of the molecule is C[C@@H]1C(=O)N(Cc2ccccc2)C[C@@H]1N. The van der Waals surface area contributed by atoms with Crippen LogP contribution in [0.4, 0.5) is 0 Å². The third-order valence-corrected chi connectivity index (χ3v) is 2.99. The predicted octanol–water partition coefficient (Wildman–Crippen LogP) is 0.992. The molecule has 1 fully saturated rings. The molecule has 2 N–H and O–H groups in total. The molecule has 2 atom stereocenters. The number of amides is 1. The topological polar surface area (TPSA) is 46.3 Å². The largest absolute Gasteiger partial charge is 0.337 e. The number of hydrogen-bond acceptors (Lipinski definition) is 2. The first-order chi connectivity index (χ1) is 7.18. The molecule has 15 heavy (non-hydrogen) atoms. The minimum absolute atomic E-state index is 0.0128. The minimum atomic E-state index is -0.0336. The van der Waals surface area contributed by atoms with E-state index in [9.17, 15) is 4.79 Å². The van der Waals surface area contributed by atoms with Crippen molar-refractivity contribution >= 4 is 5.91 Å². The van der Waals surface area contributed by atoms with Crippen LogP contribution >= 0.6 is 0 Å². The van der Waals surface area contributed by atoms with Gasteiger partial charge in [0.1, 0.15) is 0 Å². The van der Waals surface area contributed by atoms with E-state index in [-0.39, 0.29) is 17.9 Å². The van der Waals surface area contributed by atoms with E-state index in [0.717, 1.165) is 5.56 Å². The van der Waals surface area contributed by atoms with Crippen LogP contribution in [0.15, 0.2) is 30.3 Å². The summed E-state index contributed by atoms with van der Waals surface area (Å²) in [7, 11) is 0. The molecular formula is C12H16N2O. The van der Waals surface area contributed by atoms with Crippen molar-refractivity contribution in [3.63, 3.8) is 0 Å². The van der Waals surface area contributed by atoms with E-state index in [2.05, 4.69) is 0 Å². The Morgan fingerprint density at radius 2 is 2.07 bits per heavy atom. The summed E-state index contributed by atoms with van der Waals surface area (Å²) < 4.78 is 0. The van der Waals surface area contributed by atoms with Crippen LogP contribution in [0.3, 0.4) is 0 Å². The van der Waals surface area contributed by atoms with Crippen LogP contribution in [0.1, 0.15) is 12.5 Å². The van der Waals surface area contributed by atoms with Crippen LogP contribution in [-0.4, -0.2) is 23.4 Å². The Bertz CT molecular complexity index is 350. The fourth-order valence-electron chi connectivity index (χ4n) is 1.92. The Morgan fingerprint density at radius 3 is 2.60 bits per heavy atom. The quantitative estimate of drug-likeness (QED) is 0.781. The zero-order valence-corrected chi connectivity index (χ0v) is 8.89. The molecule has 0 aromatic heterocycles. The highest BCUT2D eigenvalue weighted by Crippen LogP contribution is 2.18. The van der Waals surface area contributed by atoms with Crippen LogP contribution in [0, 0.1) is 5.92 Å². The van der Waals surface area contributed by atoms with Gasteiger partial charge in [-0.1, -0.05) is 37.3 Å². The van der Waals surface area contributed by atoms with Gasteiger partial charge in [0, 0.05) is 19.1 Å². The summed E-state index contributed by atoms with van der Waals surface area (Å²) in [5.41, 5.74) is 7.01. The van der Waals surface area contributed by atoms with E-state index in [1.54, 1.807) is 0 Å². The highest BCUT2D eigenvalue weighted by atomic mass is 16.2. The summed E-state index contributed by atoms with van der Waals surface area (Å²) in [6.07, 6.45) is 0. The average Bonchev–Trinajstić information content (AvgIpc) is 2.48. The Balaban J connectivity index is 2.05. The second-order valence-electron chi connectivity index (χ2n) is 4.16. The third kappa shape index (κ3) is 2.02. The van der Waals surface area contributed by atoms with Gasteiger partial charge >= 0.3 is 0 Å². The number of likely N-dealkylation sites (tertiary alicyclic amines) is 1. The summed E-state index contributed by atoms with van der Waals surface area (Å²) in [6.45, 7) is 3.25. The molecule has 3 nitrogen and oxygen atoms in total. The Hall–Kier alpha value is -1.35. The van der Waals surface area contributed by atoms with Gasteiger partial charge in [-0.2, -0.15) is 0 Å². The maximum atomic E-state index is 11.8. The molecule has 0 aliphatic carbocycles. The molecule has 1 aliphatic rings. The maximum absolute atomic E-state index is 11.8. The van der Waals surface area contributed by atoms with Gasteiger partial charge in [-0.3, -0.25) is 4.79 Å². The van der Waals surface area contributed by atoms with E-state index in [1.165, 1.54) is 0 Å². The van der Waals surface area contributed by atoms with Crippen LogP contribution < -0.4 is 5.73 Å². The lowest BCUT2D eigenvalue weighted by Crippen LogP contribution is -2.28. The van der Waals surface area contributed by atoms with E-state index in [0.29, 0.717) is 13.1 Å². The highest BCUT2D eigenvalue weighted by Gasteiger charge is 2.34. The van der Waals surface area contributed by atoms with Crippen molar-refractivity contribution in [1.82, 2.24) is 4.90 Å². The lowest BCUT2D eigenvalue weighted by Gasteiger charge is -2.15. The number of nitrogens with zero attached hydrogens (tertiary/aromatic N) is 1. The summed E-state index contributed by atoms with van der Waals surface area (Å²) in [6, 6.07) is 9.99. The Kier molecular flexibility index (Phi) is 2.73. The second-order valence-corrected chi connectivity index (χ2v) is 4.16. The summed E-state index contributed by atoms with van der Waals surface area (Å²) in [5, 5.41) is 0. The van der Waals surface area contributed by atoms with Gasteiger partial charge in [-0.15, -0.1) is 0 Å². The summed E-state index contributed by atoms with van der Waals surface area (Å²) in [4.78, 5) is 13.6. The number of hydrogen-bond donors (Lipinski definition) is 1. The molecule has 0 unspecified atom stereocenters. The standard InChI is InChI=1S/C12H16N2O/c1-9-11(13)8-14(12(9)15)7-10-5-3-2-4-6-10/h2-6,9,11H,7-8,13H2,1H3/t9-,11-/m0/s1. The van der Waals surface area contributed by atoms with E-state index in [1.807, 2.05) is 42.2 Å². The number of nitrogens with two attached hydrogens (primary N) is 1. The maximum Gasteiger partial charge on any atom is 0.227 e. The molecule has 1 heterocycles. The number of carbonyl (C=O) groups is 1. The lowest BCUT2D eigenvalue weighted by molar-refractivity contribution is -0.131. The summed E-state index contributed by atoms with van der Waals surface area (Å²) in [5.74, 6) is 0.139. The fourth-order valence-corrected chi connectivity index (χ4v) is 1.92. The fraction of sp³-hybridized carbons (Fsp3) is 0.417. The Morgan fingerprint density at radius 1 is 1.40 bits per heavy atom. The zero-order chi connectivity index (χ0) is 10.8. The van der Waals surface area contributed by atoms with Crippen molar-refractivity contribution in [3.8, 4) is 0 Å². The molecular weight excluding hydrogens is 188 g/mol. The zero-order valence-electron chi connectivity index (χ0n) is 8.89. The first-order valence-corrected chi connectivity index (χ1v) is 5.27. The molecule has 1 aliphatic heterocycles. The predicted molar refractivity (Wildman–Crippen MR) is 59.0 cm³/mol. The first kappa shape index (κ1) is 10.2. The first-order valence-electron chi connectivity index (χ1n) is 5.27. The normalized spacial score (nSPS) is 26.0. The molecule has 1 amide bonds. The third-order valence-electron chi connectivity index (χ3n) is 2.99. The van der Waals surface area contributed by atoms with E-state index >= 15 is 0 Å². The van der Waals surface area contributed by atoms with Gasteiger partial charge in [0.05, 0.1) is 5.92 Å². The van der Waals surface area contributed by atoms with Crippen LogP contribution in [0.5, 0.6) is 0 Å². The van der Waals surface area contributed by atoms with E-state index < -0.39 is 0 Å². The average molecular weight is 204 g/mol. The van der Waals surface area contributed by atoms with Gasteiger partial charge in [-0.25, -0.2) is 0 Å². The Labute approximate surface area is 89.9 Å². The van der Waals surface area contributed by atoms with Gasteiger partial charge < -0.3 is 10.6 Å². The molecule has 0 saturated carbocycles. The van der Waals surface area contributed by atoms with E-state index in [4.69, 9.17) is 5.73 Å². The van der Waals surface area contributed by atoms with Crippen molar-refractivity contribution in [1.29, 1.82) is 0 Å². The molecule has 1 aromatic rings. The van der Waals surface area contributed by atoms with Crippen molar-refractivity contribution < 1.29 is 4.79 Å². The second kappa shape index (κ2) is 4.03. The highest BCUT2D eigenvalue weighted by molar-refractivity contribution is 5.81. The smallest absolute Gasteiger partial charge is 0.227 e. The number of rotatable bonds is 2. The number of benzene rings is 1. The van der Waals surface area contributed by atoms with Gasteiger partial charge in [0.25, 0.3) is 0 Å². The van der Waals surface area contributed by atoms with Crippen LogP contribution in [0.2, 0.25) is 0 Å².